The van der Waals surface area contributed by atoms with Gasteiger partial charge in [-0.1, -0.05) is 60.7 Å². The second-order valence-electron chi connectivity index (χ2n) is 6.72. The molecule has 6 nitrogen and oxygen atoms in total. The van der Waals surface area contributed by atoms with Crippen LogP contribution in [0.15, 0.2) is 60.7 Å². The Labute approximate surface area is 179 Å². The first-order chi connectivity index (χ1) is 14.0. The summed E-state index contributed by atoms with van der Waals surface area (Å²) in [5.74, 6) is -1.47. The van der Waals surface area contributed by atoms with E-state index < -0.39 is 35.1 Å². The van der Waals surface area contributed by atoms with E-state index in [1.807, 2.05) is 60.7 Å². The van der Waals surface area contributed by atoms with Gasteiger partial charge in [0.15, 0.2) is 0 Å². The minimum atomic E-state index is -1.09. The van der Waals surface area contributed by atoms with Gasteiger partial charge in [-0.2, -0.15) is 12.6 Å². The van der Waals surface area contributed by atoms with Gasteiger partial charge in [0.1, 0.15) is 18.0 Å². The fourth-order valence-corrected chi connectivity index (χ4v) is 4.76. The molecule has 1 aliphatic rings. The largest absolute Gasteiger partial charge is 0.480 e. The maximum Gasteiger partial charge on any atom is 0.323 e. The van der Waals surface area contributed by atoms with E-state index in [1.165, 1.54) is 16.7 Å². The zero-order chi connectivity index (χ0) is 20.8. The van der Waals surface area contributed by atoms with Gasteiger partial charge in [-0.25, -0.2) is 0 Å². The van der Waals surface area contributed by atoms with Gasteiger partial charge >= 0.3 is 5.97 Å². The summed E-state index contributed by atoms with van der Waals surface area (Å²) in [5.41, 5.74) is 1.83. The van der Waals surface area contributed by atoms with Crippen LogP contribution in [0, 0.1) is 0 Å². The lowest BCUT2D eigenvalue weighted by Crippen LogP contribution is -2.56. The molecular weight excluding hydrogens is 408 g/mol. The number of nitrogens with one attached hydrogen (secondary N) is 1. The number of thioether (sulfide) groups is 1. The third-order valence-electron chi connectivity index (χ3n) is 4.57. The Morgan fingerprint density at radius 3 is 2.38 bits per heavy atom. The second-order valence-corrected chi connectivity index (χ2v) is 8.46. The van der Waals surface area contributed by atoms with Crippen molar-refractivity contribution in [3.05, 3.63) is 71.8 Å². The summed E-state index contributed by atoms with van der Waals surface area (Å²) < 4.78 is 0. The number of benzene rings is 2. The van der Waals surface area contributed by atoms with Gasteiger partial charge in [0.2, 0.25) is 11.8 Å². The van der Waals surface area contributed by atoms with Crippen molar-refractivity contribution in [2.24, 2.45) is 0 Å². The normalized spacial score (nSPS) is 20.2. The lowest BCUT2D eigenvalue weighted by Gasteiger charge is -2.38. The van der Waals surface area contributed by atoms with Crippen LogP contribution in [-0.4, -0.2) is 51.4 Å². The molecule has 2 amide bonds. The Morgan fingerprint density at radius 1 is 1.14 bits per heavy atom. The average molecular weight is 431 g/mol. The molecular formula is C21H22N2O4S2. The number of thiol groups is 1. The highest BCUT2D eigenvalue weighted by Gasteiger charge is 2.38. The number of carboxylic acid groups (broad SMARTS) is 1. The molecule has 3 atom stereocenters. The number of carboxylic acids is 1. The molecule has 8 heteroatoms. The van der Waals surface area contributed by atoms with Crippen molar-refractivity contribution in [2.45, 2.75) is 23.1 Å². The maximum atomic E-state index is 13.0. The summed E-state index contributed by atoms with van der Waals surface area (Å²) in [5, 5.41) is 11.0. The highest BCUT2D eigenvalue weighted by atomic mass is 32.2. The summed E-state index contributed by atoms with van der Waals surface area (Å²) in [4.78, 5) is 38.2. The minimum Gasteiger partial charge on any atom is -0.480 e. The number of hydrogen-bond donors (Lipinski definition) is 3. The second kappa shape index (κ2) is 9.84. The number of carbonyl (C=O) groups is 3. The van der Waals surface area contributed by atoms with E-state index in [0.717, 1.165) is 11.1 Å². The fourth-order valence-electron chi connectivity index (χ4n) is 3.17. The Bertz CT molecular complexity index is 863. The summed E-state index contributed by atoms with van der Waals surface area (Å²) in [6.45, 7) is -0.425. The van der Waals surface area contributed by atoms with E-state index in [2.05, 4.69) is 17.9 Å². The summed E-state index contributed by atoms with van der Waals surface area (Å²) in [6, 6.07) is 18.0. The van der Waals surface area contributed by atoms with Crippen LogP contribution in [0.4, 0.5) is 0 Å². The van der Waals surface area contributed by atoms with Crippen LogP contribution in [0.25, 0.3) is 0 Å². The molecule has 0 saturated carbocycles. The van der Waals surface area contributed by atoms with Crippen molar-refractivity contribution in [1.82, 2.24) is 10.2 Å². The zero-order valence-electron chi connectivity index (χ0n) is 15.6. The Morgan fingerprint density at radius 2 is 1.76 bits per heavy atom. The van der Waals surface area contributed by atoms with Crippen LogP contribution in [0.2, 0.25) is 0 Å². The van der Waals surface area contributed by atoms with Gasteiger partial charge in [-0.3, -0.25) is 14.4 Å². The molecule has 3 rings (SSSR count). The molecule has 1 heterocycles. The van der Waals surface area contributed by atoms with Crippen LogP contribution in [-0.2, 0) is 20.8 Å². The molecule has 29 heavy (non-hydrogen) atoms. The summed E-state index contributed by atoms with van der Waals surface area (Å²) >= 11 is 5.82. The molecule has 0 unspecified atom stereocenters. The van der Waals surface area contributed by atoms with Crippen molar-refractivity contribution in [1.29, 1.82) is 0 Å². The molecule has 2 aromatic carbocycles. The van der Waals surface area contributed by atoms with Crippen LogP contribution < -0.4 is 5.32 Å². The van der Waals surface area contributed by atoms with E-state index in [1.54, 1.807) is 0 Å². The van der Waals surface area contributed by atoms with Crippen molar-refractivity contribution in [2.75, 3.05) is 12.3 Å². The first-order valence-electron chi connectivity index (χ1n) is 9.17. The predicted molar refractivity (Wildman–Crippen MR) is 116 cm³/mol. The molecule has 0 aliphatic carbocycles. The monoisotopic (exact) mass is 430 g/mol. The zero-order valence-corrected chi connectivity index (χ0v) is 17.3. The molecule has 2 aromatic rings. The molecule has 2 N–H and O–H groups in total. The minimum absolute atomic E-state index is 0.343. The topological polar surface area (TPSA) is 86.7 Å². The number of carbonyl (C=O) groups excluding carboxylic acids is 2. The molecule has 0 aromatic heterocycles. The highest BCUT2D eigenvalue weighted by molar-refractivity contribution is 7.99. The van der Waals surface area contributed by atoms with Crippen molar-refractivity contribution in [3.63, 3.8) is 0 Å². The molecule has 0 spiro atoms. The van der Waals surface area contributed by atoms with Crippen molar-refractivity contribution < 1.29 is 19.5 Å². The molecule has 1 aliphatic heterocycles. The van der Waals surface area contributed by atoms with Gasteiger partial charge in [-0.15, -0.1) is 11.8 Å². The highest BCUT2D eigenvalue weighted by Crippen LogP contribution is 2.37. The van der Waals surface area contributed by atoms with Crippen molar-refractivity contribution >= 4 is 42.2 Å². The average Bonchev–Trinajstić information content (AvgIpc) is 2.72. The number of hydrogen-bond acceptors (Lipinski definition) is 5. The number of aliphatic carboxylic acids is 1. The Balaban J connectivity index is 1.68. The van der Waals surface area contributed by atoms with E-state index in [9.17, 15) is 19.5 Å². The number of amides is 2. The van der Waals surface area contributed by atoms with Crippen LogP contribution in [0.5, 0.6) is 0 Å². The van der Waals surface area contributed by atoms with Gasteiger partial charge in [0.25, 0.3) is 0 Å². The first-order valence-corrected chi connectivity index (χ1v) is 10.7. The SMILES string of the molecule is O=C(O)CN1C(=O)[C@@H](NC(=O)[C@@H](S)Cc2ccccc2)CS[C@@H]1c1ccccc1. The summed E-state index contributed by atoms with van der Waals surface area (Å²) in [6.07, 6.45) is 0.440. The first kappa shape index (κ1) is 21.3. The third-order valence-corrected chi connectivity index (χ3v) is 6.35. The molecule has 1 fully saturated rings. The van der Waals surface area contributed by atoms with Gasteiger partial charge in [-0.05, 0) is 17.5 Å². The Hall–Kier alpha value is -2.45. The standard InChI is InChI=1S/C21H22N2O4S2/c24-18(25)12-23-20(27)16(13-29-21(23)15-9-5-2-6-10-15)22-19(26)17(28)11-14-7-3-1-4-8-14/h1-10,16-17,21,28H,11-13H2,(H,22,26)(H,24,25)/t16-,17-,21+/m0/s1. The molecule has 0 radical (unpaired) electrons. The quantitative estimate of drug-likeness (QED) is 0.587. The molecule has 0 bridgehead atoms. The number of nitrogens with zero attached hydrogens (tertiary/aromatic N) is 1. The predicted octanol–water partition coefficient (Wildman–Crippen LogP) is 2.37. The smallest absolute Gasteiger partial charge is 0.323 e. The van der Waals surface area contributed by atoms with Gasteiger partial charge in [0.05, 0.1) is 5.25 Å². The van der Waals surface area contributed by atoms with E-state index in [-0.39, 0.29) is 5.91 Å². The molecule has 152 valence electrons. The lowest BCUT2D eigenvalue weighted by molar-refractivity contribution is -0.146. The number of rotatable bonds is 7. The summed E-state index contributed by atoms with van der Waals surface area (Å²) in [7, 11) is 0. The van der Waals surface area contributed by atoms with Gasteiger partial charge in [0, 0.05) is 5.75 Å². The molecule has 1 saturated heterocycles. The van der Waals surface area contributed by atoms with E-state index >= 15 is 0 Å². The van der Waals surface area contributed by atoms with Crippen LogP contribution in [0.3, 0.4) is 0 Å². The fraction of sp³-hybridized carbons (Fsp3) is 0.286. The van der Waals surface area contributed by atoms with Crippen LogP contribution >= 0.6 is 24.4 Å². The van der Waals surface area contributed by atoms with Crippen LogP contribution in [0.1, 0.15) is 16.5 Å². The van der Waals surface area contributed by atoms with Crippen molar-refractivity contribution in [3.8, 4) is 0 Å². The van der Waals surface area contributed by atoms with E-state index in [4.69, 9.17) is 0 Å². The third kappa shape index (κ3) is 5.55. The van der Waals surface area contributed by atoms with Gasteiger partial charge < -0.3 is 15.3 Å². The van der Waals surface area contributed by atoms with E-state index in [0.29, 0.717) is 12.2 Å². The lowest BCUT2D eigenvalue weighted by atomic mass is 10.1. The Kier molecular flexibility index (Phi) is 7.22. The maximum absolute atomic E-state index is 13.0.